The summed E-state index contributed by atoms with van der Waals surface area (Å²) in [7, 11) is 0. The van der Waals surface area contributed by atoms with Gasteiger partial charge in [-0.15, -0.1) is 0 Å². The van der Waals surface area contributed by atoms with Crippen molar-refractivity contribution in [3.63, 3.8) is 0 Å². The quantitative estimate of drug-likeness (QED) is 0.617. The molecule has 7 heteroatoms. The van der Waals surface area contributed by atoms with Gasteiger partial charge in [0.25, 0.3) is 0 Å². The number of hydrogen-bond acceptors (Lipinski definition) is 4. The monoisotopic (exact) mass is 433 g/mol. The van der Waals surface area contributed by atoms with E-state index in [0.29, 0.717) is 23.1 Å². The number of para-hydroxylation sites is 1. The summed E-state index contributed by atoms with van der Waals surface area (Å²) in [5.41, 5.74) is 2.14. The Morgan fingerprint density at radius 3 is 2.32 bits per heavy atom. The van der Waals surface area contributed by atoms with Crippen LogP contribution >= 0.6 is 11.8 Å². The van der Waals surface area contributed by atoms with Gasteiger partial charge in [-0.25, -0.2) is 9.38 Å². The summed E-state index contributed by atoms with van der Waals surface area (Å²) in [5, 5.41) is 2.66. The minimum atomic E-state index is -0.612. The molecule has 1 saturated heterocycles. The van der Waals surface area contributed by atoms with E-state index < -0.39 is 5.25 Å². The number of nitrogens with zero attached hydrogens (tertiary/aromatic N) is 2. The van der Waals surface area contributed by atoms with Gasteiger partial charge in [-0.3, -0.25) is 14.5 Å². The number of thioether (sulfide) groups is 1. The van der Waals surface area contributed by atoms with E-state index in [0.717, 1.165) is 5.56 Å². The predicted octanol–water partition coefficient (Wildman–Crippen LogP) is 4.99. The third kappa shape index (κ3) is 5.38. The average molecular weight is 434 g/mol. The molecule has 2 amide bonds. The number of halogens is 1. The van der Waals surface area contributed by atoms with Crippen molar-refractivity contribution in [2.24, 2.45) is 4.99 Å². The summed E-state index contributed by atoms with van der Waals surface area (Å²) in [6.07, 6.45) is 0.0681. The SMILES string of the molecule is O=C(Nc1ccccc1)C1CC(=O)N(Cc2ccccc2)C(=Nc2ccc(F)cc2)S1. The van der Waals surface area contributed by atoms with Crippen molar-refractivity contribution < 1.29 is 14.0 Å². The minimum absolute atomic E-state index is 0.0681. The number of benzene rings is 3. The second-order valence-electron chi connectivity index (χ2n) is 7.00. The van der Waals surface area contributed by atoms with Crippen molar-refractivity contribution in [1.82, 2.24) is 4.90 Å². The number of anilines is 1. The maximum absolute atomic E-state index is 13.3. The van der Waals surface area contributed by atoms with E-state index in [-0.39, 0.29) is 24.1 Å². The van der Waals surface area contributed by atoms with Crippen LogP contribution in [0.15, 0.2) is 89.9 Å². The Balaban J connectivity index is 1.60. The van der Waals surface area contributed by atoms with Crippen LogP contribution in [-0.4, -0.2) is 27.1 Å². The summed E-state index contributed by atoms with van der Waals surface area (Å²) in [6.45, 7) is 0.347. The van der Waals surface area contributed by atoms with Gasteiger partial charge in [-0.05, 0) is 42.0 Å². The topological polar surface area (TPSA) is 61.8 Å². The highest BCUT2D eigenvalue weighted by Crippen LogP contribution is 2.31. The van der Waals surface area contributed by atoms with Crippen molar-refractivity contribution in [2.75, 3.05) is 5.32 Å². The standard InChI is InChI=1S/C24H20FN3O2S/c25-18-11-13-20(14-12-18)27-24-28(16-17-7-3-1-4-8-17)22(29)15-21(31-24)23(30)26-19-9-5-2-6-10-19/h1-14,21H,15-16H2,(H,26,30). The molecule has 1 unspecified atom stereocenters. The molecule has 4 rings (SSSR count). The van der Waals surface area contributed by atoms with Crippen molar-refractivity contribution >= 4 is 40.1 Å². The summed E-state index contributed by atoms with van der Waals surface area (Å²) < 4.78 is 13.3. The Morgan fingerprint density at radius 1 is 1.00 bits per heavy atom. The van der Waals surface area contributed by atoms with Gasteiger partial charge in [0.05, 0.1) is 12.2 Å². The van der Waals surface area contributed by atoms with E-state index in [1.807, 2.05) is 48.5 Å². The van der Waals surface area contributed by atoms with Gasteiger partial charge in [-0.2, -0.15) is 0 Å². The molecule has 31 heavy (non-hydrogen) atoms. The zero-order chi connectivity index (χ0) is 21.6. The zero-order valence-electron chi connectivity index (χ0n) is 16.6. The van der Waals surface area contributed by atoms with Crippen LogP contribution < -0.4 is 5.32 Å². The Kier molecular flexibility index (Phi) is 6.43. The van der Waals surface area contributed by atoms with E-state index in [9.17, 15) is 14.0 Å². The fraction of sp³-hybridized carbons (Fsp3) is 0.125. The van der Waals surface area contributed by atoms with Crippen LogP contribution in [0.3, 0.4) is 0 Å². The smallest absolute Gasteiger partial charge is 0.238 e. The third-order valence-corrected chi connectivity index (χ3v) is 5.90. The average Bonchev–Trinajstić information content (AvgIpc) is 2.79. The van der Waals surface area contributed by atoms with Crippen molar-refractivity contribution in [2.45, 2.75) is 18.2 Å². The van der Waals surface area contributed by atoms with Crippen LogP contribution in [0, 0.1) is 5.82 Å². The van der Waals surface area contributed by atoms with Crippen molar-refractivity contribution in [1.29, 1.82) is 0 Å². The largest absolute Gasteiger partial charge is 0.325 e. The van der Waals surface area contributed by atoms with E-state index in [1.165, 1.54) is 23.9 Å². The molecule has 1 aliphatic rings. The molecule has 1 atom stereocenters. The number of amides is 2. The molecular weight excluding hydrogens is 413 g/mol. The lowest BCUT2D eigenvalue weighted by Crippen LogP contribution is -2.44. The molecule has 0 radical (unpaired) electrons. The Morgan fingerprint density at radius 2 is 1.65 bits per heavy atom. The molecule has 1 heterocycles. The molecule has 0 spiro atoms. The Labute approximate surface area is 184 Å². The summed E-state index contributed by atoms with van der Waals surface area (Å²) in [6, 6.07) is 24.4. The van der Waals surface area contributed by atoms with Gasteiger partial charge < -0.3 is 5.32 Å². The first-order valence-electron chi connectivity index (χ1n) is 9.79. The fourth-order valence-corrected chi connectivity index (χ4v) is 4.23. The molecule has 0 saturated carbocycles. The summed E-state index contributed by atoms with van der Waals surface area (Å²) >= 11 is 1.24. The molecule has 5 nitrogen and oxygen atoms in total. The van der Waals surface area contributed by atoms with Crippen LogP contribution in [0.4, 0.5) is 15.8 Å². The van der Waals surface area contributed by atoms with Gasteiger partial charge in [0.2, 0.25) is 11.8 Å². The summed E-state index contributed by atoms with van der Waals surface area (Å²) in [4.78, 5) is 32.0. The zero-order valence-corrected chi connectivity index (χ0v) is 17.4. The maximum Gasteiger partial charge on any atom is 0.238 e. The molecule has 1 aliphatic heterocycles. The number of nitrogens with one attached hydrogen (secondary N) is 1. The van der Waals surface area contributed by atoms with Crippen LogP contribution in [-0.2, 0) is 16.1 Å². The van der Waals surface area contributed by atoms with Gasteiger partial charge in [0.1, 0.15) is 11.1 Å². The Hall–Kier alpha value is -3.45. The predicted molar refractivity (Wildman–Crippen MR) is 122 cm³/mol. The lowest BCUT2D eigenvalue weighted by atomic mass is 10.2. The summed E-state index contributed by atoms with van der Waals surface area (Å²) in [5.74, 6) is -0.801. The van der Waals surface area contributed by atoms with Crippen LogP contribution in [0.5, 0.6) is 0 Å². The van der Waals surface area contributed by atoms with Gasteiger partial charge in [0, 0.05) is 12.1 Å². The first-order valence-corrected chi connectivity index (χ1v) is 10.7. The number of carbonyl (C=O) groups excluding carboxylic acids is 2. The third-order valence-electron chi connectivity index (χ3n) is 4.71. The normalized spacial score (nSPS) is 17.6. The molecule has 0 aromatic heterocycles. The van der Waals surface area contributed by atoms with Gasteiger partial charge >= 0.3 is 0 Å². The Bertz CT molecular complexity index is 1090. The van der Waals surface area contributed by atoms with E-state index in [4.69, 9.17) is 0 Å². The highest BCUT2D eigenvalue weighted by Gasteiger charge is 2.36. The highest BCUT2D eigenvalue weighted by atomic mass is 32.2. The second kappa shape index (κ2) is 9.57. The van der Waals surface area contributed by atoms with Crippen LogP contribution in [0.25, 0.3) is 0 Å². The lowest BCUT2D eigenvalue weighted by Gasteiger charge is -2.32. The molecular formula is C24H20FN3O2S. The molecule has 3 aromatic rings. The molecule has 1 N–H and O–H groups in total. The molecule has 156 valence electrons. The maximum atomic E-state index is 13.3. The van der Waals surface area contributed by atoms with Crippen LogP contribution in [0.2, 0.25) is 0 Å². The van der Waals surface area contributed by atoms with Gasteiger partial charge in [-0.1, -0.05) is 60.3 Å². The number of aliphatic imine (C=N–C) groups is 1. The fourth-order valence-electron chi connectivity index (χ4n) is 3.13. The minimum Gasteiger partial charge on any atom is -0.325 e. The first-order chi connectivity index (χ1) is 15.1. The van der Waals surface area contributed by atoms with E-state index in [1.54, 1.807) is 29.2 Å². The van der Waals surface area contributed by atoms with Crippen LogP contribution in [0.1, 0.15) is 12.0 Å². The number of carbonyl (C=O) groups is 2. The van der Waals surface area contributed by atoms with E-state index >= 15 is 0 Å². The number of hydrogen-bond donors (Lipinski definition) is 1. The second-order valence-corrected chi connectivity index (χ2v) is 8.17. The van der Waals surface area contributed by atoms with Crippen molar-refractivity contribution in [3.05, 3.63) is 96.3 Å². The number of amidine groups is 1. The lowest BCUT2D eigenvalue weighted by molar-refractivity contribution is -0.129. The number of rotatable bonds is 5. The van der Waals surface area contributed by atoms with Crippen molar-refractivity contribution in [3.8, 4) is 0 Å². The van der Waals surface area contributed by atoms with E-state index in [2.05, 4.69) is 10.3 Å². The molecule has 0 aliphatic carbocycles. The van der Waals surface area contributed by atoms with Gasteiger partial charge in [0.15, 0.2) is 5.17 Å². The molecule has 3 aromatic carbocycles. The first kappa shape index (κ1) is 20.8. The molecule has 1 fully saturated rings. The molecule has 0 bridgehead atoms. The highest BCUT2D eigenvalue weighted by molar-refractivity contribution is 8.15.